The van der Waals surface area contributed by atoms with Crippen molar-refractivity contribution in [3.8, 4) is 11.5 Å². The van der Waals surface area contributed by atoms with Crippen LogP contribution in [-0.2, 0) is 27.7 Å². The van der Waals surface area contributed by atoms with E-state index in [4.69, 9.17) is 9.47 Å². The Morgan fingerprint density at radius 3 is 2.48 bits per heavy atom. The highest BCUT2D eigenvalue weighted by Crippen LogP contribution is 2.33. The molecule has 2 aromatic rings. The number of carbonyl (C=O) groups is 1. The van der Waals surface area contributed by atoms with Crippen molar-refractivity contribution in [2.75, 3.05) is 41.0 Å². The van der Waals surface area contributed by atoms with Gasteiger partial charge in [-0.2, -0.15) is 0 Å². The second-order valence-electron chi connectivity index (χ2n) is 6.86. The van der Waals surface area contributed by atoms with Gasteiger partial charge in [0.1, 0.15) is 9.77 Å². The van der Waals surface area contributed by atoms with Gasteiger partial charge in [0.15, 0.2) is 11.5 Å². The molecular weight excluding hydrogens is 464 g/mol. The largest absolute Gasteiger partial charge is 0.493 e. The molecule has 0 radical (unpaired) electrons. The van der Waals surface area contributed by atoms with E-state index in [0.717, 1.165) is 43.1 Å². The Morgan fingerprint density at radius 1 is 1.16 bits per heavy atom. The second kappa shape index (κ2) is 11.1. The Kier molecular flexibility index (Phi) is 9.14. The van der Waals surface area contributed by atoms with Crippen LogP contribution in [0, 0.1) is 0 Å². The Hall–Kier alpha value is -1.85. The highest BCUT2D eigenvalue weighted by molar-refractivity contribution is 7.89. The highest BCUT2D eigenvalue weighted by Gasteiger charge is 2.24. The molecule has 0 amide bonds. The van der Waals surface area contributed by atoms with Gasteiger partial charge >= 0.3 is 5.97 Å². The number of carbonyl (C=O) groups excluding carboxylic acids is 1. The summed E-state index contributed by atoms with van der Waals surface area (Å²) in [5.74, 6) is 0.798. The average Bonchev–Trinajstić information content (AvgIpc) is 3.26. The average molecular weight is 491 g/mol. The lowest BCUT2D eigenvalue weighted by atomic mass is 9.98. The maximum Gasteiger partial charge on any atom is 0.349 e. The lowest BCUT2D eigenvalue weighted by molar-refractivity contribution is 0.0602. The number of ether oxygens (including phenoxy) is 3. The molecule has 0 spiro atoms. The number of benzene rings is 1. The first-order valence-electron chi connectivity index (χ1n) is 9.51. The van der Waals surface area contributed by atoms with Crippen molar-refractivity contribution >= 4 is 39.7 Å². The number of rotatable bonds is 9. The number of hydrogen-bond donors (Lipinski definition) is 1. The van der Waals surface area contributed by atoms with E-state index in [1.807, 2.05) is 12.1 Å². The van der Waals surface area contributed by atoms with Gasteiger partial charge in [0.25, 0.3) is 0 Å². The lowest BCUT2D eigenvalue weighted by Gasteiger charge is -2.29. The van der Waals surface area contributed by atoms with Crippen LogP contribution in [0.1, 0.15) is 27.2 Å². The number of thiophene rings is 1. The molecule has 1 aliphatic heterocycles. The minimum absolute atomic E-state index is 0. The molecule has 1 aliphatic rings. The third-order valence-electron chi connectivity index (χ3n) is 5.03. The zero-order valence-corrected chi connectivity index (χ0v) is 20.1. The van der Waals surface area contributed by atoms with Gasteiger partial charge in [-0.1, -0.05) is 0 Å². The van der Waals surface area contributed by atoms with E-state index in [1.165, 1.54) is 24.3 Å². The molecule has 3 rings (SSSR count). The molecule has 11 heteroatoms. The van der Waals surface area contributed by atoms with Gasteiger partial charge in [0.05, 0.1) is 21.3 Å². The van der Waals surface area contributed by atoms with Crippen LogP contribution in [0.25, 0.3) is 0 Å². The quantitative estimate of drug-likeness (QED) is 0.426. The summed E-state index contributed by atoms with van der Waals surface area (Å²) in [6.07, 6.45) is 1.55. The van der Waals surface area contributed by atoms with Gasteiger partial charge in [0.2, 0.25) is 10.0 Å². The Labute approximate surface area is 192 Å². The van der Waals surface area contributed by atoms with Crippen LogP contribution < -0.4 is 14.2 Å². The molecule has 172 valence electrons. The van der Waals surface area contributed by atoms with Crippen LogP contribution in [0.2, 0.25) is 0 Å². The van der Waals surface area contributed by atoms with Crippen LogP contribution in [0.4, 0.5) is 0 Å². The molecule has 0 saturated carbocycles. The lowest BCUT2D eigenvalue weighted by Crippen LogP contribution is -2.34. The van der Waals surface area contributed by atoms with Gasteiger partial charge in [-0.15, -0.1) is 23.7 Å². The summed E-state index contributed by atoms with van der Waals surface area (Å²) in [6.45, 7) is 2.71. The van der Waals surface area contributed by atoms with Crippen LogP contribution in [-0.4, -0.2) is 60.3 Å². The van der Waals surface area contributed by atoms with Crippen molar-refractivity contribution in [2.24, 2.45) is 0 Å². The van der Waals surface area contributed by atoms with Crippen molar-refractivity contribution in [2.45, 2.75) is 24.3 Å². The van der Waals surface area contributed by atoms with E-state index in [2.05, 4.69) is 14.4 Å². The second-order valence-corrected chi connectivity index (χ2v) is 9.51. The molecule has 31 heavy (non-hydrogen) atoms. The number of nitrogens with one attached hydrogen (secondary N) is 1. The number of esters is 1. The Bertz CT molecular complexity index is 1010. The Morgan fingerprint density at radius 2 is 1.84 bits per heavy atom. The number of fused-ring (bicyclic) bond motifs is 1. The molecule has 0 fully saturated rings. The van der Waals surface area contributed by atoms with Crippen molar-refractivity contribution in [3.05, 3.63) is 39.6 Å². The summed E-state index contributed by atoms with van der Waals surface area (Å²) in [6, 6.07) is 5.45. The molecule has 8 nitrogen and oxygen atoms in total. The monoisotopic (exact) mass is 490 g/mol. The standard InChI is InChI=1S/C20H26N2O6S2.ClH/c1-26-16-11-14-5-9-22(13-15(14)12-17(16)27-2)8-4-7-21-30(24,25)18-6-10-29-19(18)20(23)28-3;/h6,10-12,21H,4-5,7-9,13H2,1-3H3;1H. The van der Waals surface area contributed by atoms with Crippen molar-refractivity contribution in [3.63, 3.8) is 0 Å². The third kappa shape index (κ3) is 5.89. The fourth-order valence-electron chi connectivity index (χ4n) is 3.47. The summed E-state index contributed by atoms with van der Waals surface area (Å²) in [5, 5.41) is 1.56. The normalized spacial score (nSPS) is 13.8. The van der Waals surface area contributed by atoms with Gasteiger partial charge in [0, 0.05) is 19.6 Å². The Balaban J connectivity index is 0.00000341. The molecule has 0 aliphatic carbocycles. The van der Waals surface area contributed by atoms with E-state index in [1.54, 1.807) is 19.6 Å². The predicted octanol–water partition coefficient (Wildman–Crippen LogP) is 2.70. The molecule has 0 saturated heterocycles. The summed E-state index contributed by atoms with van der Waals surface area (Å²) in [7, 11) is 0.721. The fraction of sp³-hybridized carbons (Fsp3) is 0.450. The number of nitrogens with zero attached hydrogens (tertiary/aromatic N) is 1. The molecule has 0 atom stereocenters. The maximum absolute atomic E-state index is 12.5. The summed E-state index contributed by atoms with van der Waals surface area (Å²) in [5.41, 5.74) is 2.44. The molecule has 2 heterocycles. The number of hydrogen-bond acceptors (Lipinski definition) is 8. The zero-order chi connectivity index (χ0) is 21.7. The summed E-state index contributed by atoms with van der Waals surface area (Å²) in [4.78, 5) is 14.1. The smallest absolute Gasteiger partial charge is 0.349 e. The molecule has 1 N–H and O–H groups in total. The van der Waals surface area contributed by atoms with Crippen LogP contribution >= 0.6 is 23.7 Å². The number of halogens is 1. The molecular formula is C20H27ClN2O6S2. The predicted molar refractivity (Wildman–Crippen MR) is 121 cm³/mol. The van der Waals surface area contributed by atoms with Crippen LogP contribution in [0.15, 0.2) is 28.5 Å². The van der Waals surface area contributed by atoms with Crippen molar-refractivity contribution in [1.29, 1.82) is 0 Å². The van der Waals surface area contributed by atoms with Gasteiger partial charge in [-0.3, -0.25) is 4.90 Å². The molecule has 0 bridgehead atoms. The van der Waals surface area contributed by atoms with Crippen LogP contribution in [0.5, 0.6) is 11.5 Å². The third-order valence-corrected chi connectivity index (χ3v) is 7.56. The zero-order valence-electron chi connectivity index (χ0n) is 17.7. The van der Waals surface area contributed by atoms with Gasteiger partial charge in [-0.05, 0) is 54.1 Å². The first-order valence-corrected chi connectivity index (χ1v) is 11.9. The number of sulfonamides is 1. The first kappa shape index (κ1) is 25.4. The van der Waals surface area contributed by atoms with Crippen LogP contribution in [0.3, 0.4) is 0 Å². The minimum Gasteiger partial charge on any atom is -0.493 e. The first-order chi connectivity index (χ1) is 14.4. The molecule has 1 aromatic heterocycles. The fourth-order valence-corrected chi connectivity index (χ4v) is 5.88. The van der Waals surface area contributed by atoms with Crippen molar-refractivity contribution < 1.29 is 27.4 Å². The topological polar surface area (TPSA) is 94.2 Å². The van der Waals surface area contributed by atoms with Crippen molar-refractivity contribution in [1.82, 2.24) is 9.62 Å². The molecule has 1 aromatic carbocycles. The highest BCUT2D eigenvalue weighted by atomic mass is 35.5. The van der Waals surface area contributed by atoms with E-state index in [0.29, 0.717) is 12.2 Å². The van der Waals surface area contributed by atoms with E-state index in [9.17, 15) is 13.2 Å². The van der Waals surface area contributed by atoms with Gasteiger partial charge in [-0.25, -0.2) is 17.9 Å². The minimum atomic E-state index is -3.76. The van der Waals surface area contributed by atoms with Gasteiger partial charge < -0.3 is 14.2 Å². The summed E-state index contributed by atoms with van der Waals surface area (Å²) < 4.78 is 43.0. The van der Waals surface area contributed by atoms with E-state index in [-0.39, 0.29) is 28.7 Å². The summed E-state index contributed by atoms with van der Waals surface area (Å²) >= 11 is 1.05. The maximum atomic E-state index is 12.5. The molecule has 0 unspecified atom stereocenters. The van der Waals surface area contributed by atoms with E-state index >= 15 is 0 Å². The SMILES string of the molecule is COC(=O)c1sccc1S(=O)(=O)NCCCN1CCc2cc(OC)c(OC)cc2C1.Cl. The van der Waals surface area contributed by atoms with E-state index < -0.39 is 16.0 Å². The number of methoxy groups -OCH3 is 3.